The molecule has 1 atom stereocenters. The average molecular weight is 410 g/mol. The van der Waals surface area contributed by atoms with Crippen molar-refractivity contribution in [3.8, 4) is 11.5 Å². The third-order valence-electron chi connectivity index (χ3n) is 6.13. The number of hydrogen-bond donors (Lipinski definition) is 1. The number of aromatic nitrogens is 1. The summed E-state index contributed by atoms with van der Waals surface area (Å²) in [7, 11) is 0. The van der Waals surface area contributed by atoms with Crippen molar-refractivity contribution >= 4 is 5.96 Å². The number of nitrogens with zero attached hydrogens (tertiary/aromatic N) is 4. The Hall–Kier alpha value is -2.34. The second-order valence-electron chi connectivity index (χ2n) is 8.64. The first-order valence-corrected chi connectivity index (χ1v) is 11.5. The molecule has 6 nitrogen and oxygen atoms in total. The summed E-state index contributed by atoms with van der Waals surface area (Å²) < 4.78 is 5.69. The van der Waals surface area contributed by atoms with Gasteiger partial charge in [-0.2, -0.15) is 0 Å². The van der Waals surface area contributed by atoms with Crippen LogP contribution < -0.4 is 5.32 Å². The Kier molecular flexibility index (Phi) is 7.05. The van der Waals surface area contributed by atoms with Crippen molar-refractivity contribution in [2.45, 2.75) is 46.1 Å². The number of hydrogen-bond acceptors (Lipinski definition) is 4. The van der Waals surface area contributed by atoms with Crippen molar-refractivity contribution in [2.24, 2.45) is 10.9 Å². The third kappa shape index (κ3) is 5.42. The van der Waals surface area contributed by atoms with Crippen LogP contribution in [0.2, 0.25) is 0 Å². The first-order chi connectivity index (χ1) is 14.7. The minimum absolute atomic E-state index is 0.533. The number of likely N-dealkylation sites (tertiary alicyclic amines) is 2. The molecule has 0 saturated carbocycles. The molecule has 1 unspecified atom stereocenters. The normalized spacial score (nSPS) is 20.7. The van der Waals surface area contributed by atoms with E-state index in [4.69, 9.17) is 9.41 Å². The molecular weight excluding hydrogens is 374 g/mol. The Morgan fingerprint density at radius 2 is 1.97 bits per heavy atom. The van der Waals surface area contributed by atoms with Crippen LogP contribution in [0.3, 0.4) is 0 Å². The van der Waals surface area contributed by atoms with Gasteiger partial charge in [0, 0.05) is 31.7 Å². The maximum absolute atomic E-state index is 5.69. The standard InChI is InChI=1S/C24H35N5O/c1-3-25-24(29-14-11-20(17-29)16-28-12-5-4-6-13-28)26-15-22-18-30-23(27-22)21-9-7-19(2)8-10-21/h7-10,18,20H,3-6,11-17H2,1-2H3,(H,25,26). The lowest BCUT2D eigenvalue weighted by Crippen LogP contribution is -2.41. The molecular formula is C24H35N5O. The van der Waals surface area contributed by atoms with E-state index in [1.165, 1.54) is 50.9 Å². The summed E-state index contributed by atoms with van der Waals surface area (Å²) in [5.74, 6) is 2.40. The topological polar surface area (TPSA) is 56.9 Å². The second-order valence-corrected chi connectivity index (χ2v) is 8.64. The molecule has 30 heavy (non-hydrogen) atoms. The van der Waals surface area contributed by atoms with Crippen molar-refractivity contribution in [3.05, 3.63) is 41.8 Å². The number of aryl methyl sites for hydroxylation is 1. The van der Waals surface area contributed by atoms with E-state index in [0.717, 1.165) is 42.8 Å². The summed E-state index contributed by atoms with van der Waals surface area (Å²) in [5.41, 5.74) is 3.10. The Bertz CT molecular complexity index is 822. The van der Waals surface area contributed by atoms with Gasteiger partial charge in [-0.25, -0.2) is 9.98 Å². The van der Waals surface area contributed by atoms with Crippen LogP contribution >= 0.6 is 0 Å². The summed E-state index contributed by atoms with van der Waals surface area (Å²) >= 11 is 0. The lowest BCUT2D eigenvalue weighted by molar-refractivity contribution is 0.198. The van der Waals surface area contributed by atoms with Crippen molar-refractivity contribution < 1.29 is 4.42 Å². The van der Waals surface area contributed by atoms with E-state index < -0.39 is 0 Å². The van der Waals surface area contributed by atoms with E-state index in [0.29, 0.717) is 12.4 Å². The first kappa shape index (κ1) is 20.9. The summed E-state index contributed by atoms with van der Waals surface area (Å²) in [6.45, 7) is 11.6. The van der Waals surface area contributed by atoms with Crippen LogP contribution in [0.15, 0.2) is 39.9 Å². The largest absolute Gasteiger partial charge is 0.444 e. The molecule has 3 heterocycles. The number of piperidine rings is 1. The van der Waals surface area contributed by atoms with Crippen LogP contribution in [-0.4, -0.2) is 60.0 Å². The minimum Gasteiger partial charge on any atom is -0.444 e. The molecule has 0 amide bonds. The fraction of sp³-hybridized carbons (Fsp3) is 0.583. The van der Waals surface area contributed by atoms with Crippen LogP contribution in [0.1, 0.15) is 43.9 Å². The highest BCUT2D eigenvalue weighted by molar-refractivity contribution is 5.80. The van der Waals surface area contributed by atoms with Crippen LogP contribution in [0.5, 0.6) is 0 Å². The van der Waals surface area contributed by atoms with Gasteiger partial charge in [0.15, 0.2) is 5.96 Å². The van der Waals surface area contributed by atoms with Crippen LogP contribution in [-0.2, 0) is 6.54 Å². The van der Waals surface area contributed by atoms with E-state index in [1.807, 2.05) is 12.1 Å². The molecule has 2 fully saturated rings. The Morgan fingerprint density at radius 3 is 2.73 bits per heavy atom. The molecule has 0 aliphatic carbocycles. The van der Waals surface area contributed by atoms with Crippen molar-refractivity contribution in [1.29, 1.82) is 0 Å². The quantitative estimate of drug-likeness (QED) is 0.579. The number of guanidine groups is 1. The van der Waals surface area contributed by atoms with Gasteiger partial charge >= 0.3 is 0 Å². The molecule has 6 heteroatoms. The van der Waals surface area contributed by atoms with Gasteiger partial charge < -0.3 is 19.5 Å². The van der Waals surface area contributed by atoms with Crippen LogP contribution in [0.4, 0.5) is 0 Å². The third-order valence-corrected chi connectivity index (χ3v) is 6.13. The maximum Gasteiger partial charge on any atom is 0.226 e. The molecule has 1 N–H and O–H groups in total. The number of rotatable bonds is 6. The monoisotopic (exact) mass is 409 g/mol. The molecule has 4 rings (SSSR count). The number of benzene rings is 1. The zero-order valence-corrected chi connectivity index (χ0v) is 18.4. The van der Waals surface area contributed by atoms with Gasteiger partial charge in [-0.3, -0.25) is 0 Å². The van der Waals surface area contributed by atoms with E-state index in [1.54, 1.807) is 6.26 Å². The van der Waals surface area contributed by atoms with Crippen LogP contribution in [0, 0.1) is 12.8 Å². The highest BCUT2D eigenvalue weighted by atomic mass is 16.3. The SMILES string of the molecule is CCNC(=NCc1coc(-c2ccc(C)cc2)n1)N1CCC(CN2CCCCC2)C1. The molecule has 2 aliphatic rings. The molecule has 0 spiro atoms. The van der Waals surface area contributed by atoms with Gasteiger partial charge in [0.2, 0.25) is 5.89 Å². The Labute approximate surface area is 180 Å². The lowest BCUT2D eigenvalue weighted by atomic mass is 10.1. The van der Waals surface area contributed by atoms with Crippen LogP contribution in [0.25, 0.3) is 11.5 Å². The molecule has 0 radical (unpaired) electrons. The first-order valence-electron chi connectivity index (χ1n) is 11.5. The number of aliphatic imine (C=N–C) groups is 1. The number of nitrogens with one attached hydrogen (secondary N) is 1. The molecule has 2 aliphatic heterocycles. The van der Waals surface area contributed by atoms with Gasteiger partial charge in [-0.05, 0) is 64.3 Å². The minimum atomic E-state index is 0.533. The Morgan fingerprint density at radius 1 is 1.17 bits per heavy atom. The fourth-order valence-electron chi connectivity index (χ4n) is 4.47. The van der Waals surface area contributed by atoms with Gasteiger partial charge in [0.1, 0.15) is 12.0 Å². The van der Waals surface area contributed by atoms with Gasteiger partial charge in [-0.15, -0.1) is 0 Å². The molecule has 2 aromatic rings. The van der Waals surface area contributed by atoms with E-state index in [-0.39, 0.29) is 0 Å². The molecule has 1 aromatic carbocycles. The fourth-order valence-corrected chi connectivity index (χ4v) is 4.47. The smallest absolute Gasteiger partial charge is 0.226 e. The van der Waals surface area contributed by atoms with Crippen molar-refractivity contribution in [3.63, 3.8) is 0 Å². The highest BCUT2D eigenvalue weighted by Gasteiger charge is 2.27. The zero-order valence-electron chi connectivity index (χ0n) is 18.4. The van der Waals surface area contributed by atoms with Gasteiger partial charge in [0.25, 0.3) is 0 Å². The van der Waals surface area contributed by atoms with Gasteiger partial charge in [0.05, 0.1) is 6.54 Å². The van der Waals surface area contributed by atoms with E-state index in [9.17, 15) is 0 Å². The molecule has 162 valence electrons. The predicted octanol–water partition coefficient (Wildman–Crippen LogP) is 3.92. The molecule has 1 aromatic heterocycles. The molecule has 2 saturated heterocycles. The highest BCUT2D eigenvalue weighted by Crippen LogP contribution is 2.21. The summed E-state index contributed by atoms with van der Waals surface area (Å²) in [4.78, 5) is 14.6. The summed E-state index contributed by atoms with van der Waals surface area (Å²) in [6.07, 6.45) is 7.11. The predicted molar refractivity (Wildman–Crippen MR) is 121 cm³/mol. The second kappa shape index (κ2) is 10.1. The zero-order chi connectivity index (χ0) is 20.8. The van der Waals surface area contributed by atoms with E-state index >= 15 is 0 Å². The van der Waals surface area contributed by atoms with Crippen molar-refractivity contribution in [2.75, 3.05) is 39.3 Å². The van der Waals surface area contributed by atoms with Crippen molar-refractivity contribution in [1.82, 2.24) is 20.1 Å². The Balaban J connectivity index is 1.35. The summed E-state index contributed by atoms with van der Waals surface area (Å²) in [5, 5.41) is 3.47. The average Bonchev–Trinajstić information content (AvgIpc) is 3.42. The number of oxazole rings is 1. The molecule has 0 bridgehead atoms. The summed E-state index contributed by atoms with van der Waals surface area (Å²) in [6, 6.07) is 8.25. The lowest BCUT2D eigenvalue weighted by Gasteiger charge is -2.29. The maximum atomic E-state index is 5.69. The van der Waals surface area contributed by atoms with E-state index in [2.05, 4.69) is 46.1 Å². The van der Waals surface area contributed by atoms with Gasteiger partial charge in [-0.1, -0.05) is 24.1 Å².